The average Bonchev–Trinajstić information content (AvgIpc) is 3.10. The Morgan fingerprint density at radius 2 is 1.88 bits per heavy atom. The molecule has 1 aromatic heterocycles. The van der Waals surface area contributed by atoms with E-state index < -0.39 is 17.7 Å². The summed E-state index contributed by atoms with van der Waals surface area (Å²) in [6, 6.07) is 8.91. The van der Waals surface area contributed by atoms with Gasteiger partial charge in [-0.25, -0.2) is 0 Å². The number of Topliss-reactive ketones (excluding diaryl/α,β-unsaturated/α-hetero) is 1. The third-order valence-electron chi connectivity index (χ3n) is 4.29. The zero-order valence-corrected chi connectivity index (χ0v) is 14.7. The van der Waals surface area contributed by atoms with Crippen molar-refractivity contribution in [3.05, 3.63) is 63.0 Å². The molecule has 5 heteroatoms. The number of hydrogen-bond donors (Lipinski definition) is 1. The minimum atomic E-state index is -0.562. The molecule has 1 amide bonds. The van der Waals surface area contributed by atoms with Crippen molar-refractivity contribution in [1.29, 1.82) is 0 Å². The standard InChI is InChI=1S/C19H19NO3S/c1-4-14(21)15-16(18-12(3)9-10-24-18)20(19(23)17(15)22)13-7-5-11(2)6-8-13/h5-10,16,22H,4H2,1-3H3. The van der Waals surface area contributed by atoms with Crippen LogP contribution in [0.2, 0.25) is 0 Å². The van der Waals surface area contributed by atoms with Gasteiger partial charge < -0.3 is 5.11 Å². The quantitative estimate of drug-likeness (QED) is 0.905. The summed E-state index contributed by atoms with van der Waals surface area (Å²) in [5.74, 6) is -1.15. The minimum absolute atomic E-state index is 0.201. The smallest absolute Gasteiger partial charge is 0.294 e. The normalized spacial score (nSPS) is 17.7. The van der Waals surface area contributed by atoms with Crippen molar-refractivity contribution >= 4 is 28.7 Å². The highest BCUT2D eigenvalue weighted by Crippen LogP contribution is 2.44. The predicted octanol–water partition coefficient (Wildman–Crippen LogP) is 4.24. The average molecular weight is 341 g/mol. The Labute approximate surface area is 145 Å². The van der Waals surface area contributed by atoms with Gasteiger partial charge in [-0.3, -0.25) is 14.5 Å². The highest BCUT2D eigenvalue weighted by Gasteiger charge is 2.44. The molecule has 4 nitrogen and oxygen atoms in total. The van der Waals surface area contributed by atoms with Crippen molar-refractivity contribution in [2.45, 2.75) is 33.2 Å². The molecule has 0 spiro atoms. The Morgan fingerprint density at radius 3 is 2.42 bits per heavy atom. The van der Waals surface area contributed by atoms with Gasteiger partial charge in [0.1, 0.15) is 6.04 Å². The molecule has 1 unspecified atom stereocenters. The minimum Gasteiger partial charge on any atom is -0.503 e. The number of thiophene rings is 1. The van der Waals surface area contributed by atoms with Crippen molar-refractivity contribution in [3.8, 4) is 0 Å². The van der Waals surface area contributed by atoms with Crippen LogP contribution in [-0.4, -0.2) is 16.8 Å². The molecule has 0 aliphatic carbocycles. The van der Waals surface area contributed by atoms with E-state index in [9.17, 15) is 14.7 Å². The van der Waals surface area contributed by atoms with Crippen molar-refractivity contribution in [2.24, 2.45) is 0 Å². The van der Waals surface area contributed by atoms with Gasteiger partial charge >= 0.3 is 0 Å². The summed E-state index contributed by atoms with van der Waals surface area (Å²) in [4.78, 5) is 27.6. The Bertz CT molecular complexity index is 833. The van der Waals surface area contributed by atoms with Crippen molar-refractivity contribution < 1.29 is 14.7 Å². The van der Waals surface area contributed by atoms with Gasteiger partial charge in [0.15, 0.2) is 11.5 Å². The topological polar surface area (TPSA) is 57.6 Å². The van der Waals surface area contributed by atoms with E-state index in [-0.39, 0.29) is 17.8 Å². The maximum atomic E-state index is 12.7. The van der Waals surface area contributed by atoms with Gasteiger partial charge in [0.25, 0.3) is 5.91 Å². The van der Waals surface area contributed by atoms with Crippen molar-refractivity contribution in [1.82, 2.24) is 0 Å². The number of aliphatic hydroxyl groups excluding tert-OH is 1. The lowest BCUT2D eigenvalue weighted by Gasteiger charge is -2.26. The highest BCUT2D eigenvalue weighted by atomic mass is 32.1. The third-order valence-corrected chi connectivity index (χ3v) is 5.36. The maximum absolute atomic E-state index is 12.7. The van der Waals surface area contributed by atoms with Crippen LogP contribution in [0, 0.1) is 13.8 Å². The number of rotatable bonds is 4. The van der Waals surface area contributed by atoms with Crippen molar-refractivity contribution in [2.75, 3.05) is 4.90 Å². The molecule has 24 heavy (non-hydrogen) atoms. The fourth-order valence-corrected chi connectivity index (χ4v) is 3.99. The highest BCUT2D eigenvalue weighted by molar-refractivity contribution is 7.10. The number of aryl methyl sites for hydroxylation is 2. The number of hydrogen-bond acceptors (Lipinski definition) is 4. The molecule has 1 aliphatic heterocycles. The molecule has 2 aromatic rings. The van der Waals surface area contributed by atoms with E-state index in [2.05, 4.69) is 0 Å². The molecule has 124 valence electrons. The van der Waals surface area contributed by atoms with E-state index in [0.29, 0.717) is 5.69 Å². The summed E-state index contributed by atoms with van der Waals surface area (Å²) in [6.45, 7) is 5.66. The second kappa shape index (κ2) is 6.24. The number of benzene rings is 1. The van der Waals surface area contributed by atoms with Crippen LogP contribution >= 0.6 is 11.3 Å². The Hall–Kier alpha value is -2.40. The van der Waals surface area contributed by atoms with Gasteiger partial charge in [-0.05, 0) is 43.0 Å². The maximum Gasteiger partial charge on any atom is 0.294 e. The van der Waals surface area contributed by atoms with E-state index in [1.54, 1.807) is 6.92 Å². The molecular weight excluding hydrogens is 322 g/mol. The first-order chi connectivity index (χ1) is 11.5. The summed E-state index contributed by atoms with van der Waals surface area (Å²) >= 11 is 1.49. The number of anilines is 1. The molecule has 1 atom stereocenters. The summed E-state index contributed by atoms with van der Waals surface area (Å²) in [5.41, 5.74) is 2.96. The zero-order valence-electron chi connectivity index (χ0n) is 13.9. The molecule has 0 saturated carbocycles. The molecular formula is C19H19NO3S. The first kappa shape index (κ1) is 16.5. The SMILES string of the molecule is CCC(=O)C1=C(O)C(=O)N(c2ccc(C)cc2)C1c1sccc1C. The van der Waals surface area contributed by atoms with Gasteiger partial charge in [-0.15, -0.1) is 11.3 Å². The number of amides is 1. The predicted molar refractivity (Wildman–Crippen MR) is 95.4 cm³/mol. The summed E-state index contributed by atoms with van der Waals surface area (Å²) < 4.78 is 0. The van der Waals surface area contributed by atoms with Crippen LogP contribution in [0.1, 0.15) is 35.4 Å². The largest absolute Gasteiger partial charge is 0.503 e. The molecule has 0 saturated heterocycles. The van der Waals surface area contributed by atoms with E-state index in [1.807, 2.05) is 49.6 Å². The summed E-state index contributed by atoms with van der Waals surface area (Å²) in [7, 11) is 0. The lowest BCUT2D eigenvalue weighted by molar-refractivity contribution is -0.118. The summed E-state index contributed by atoms with van der Waals surface area (Å²) in [6.07, 6.45) is 0.245. The van der Waals surface area contributed by atoms with Crippen LogP contribution in [0.5, 0.6) is 0 Å². The number of aliphatic hydroxyl groups is 1. The monoisotopic (exact) mass is 341 g/mol. The van der Waals surface area contributed by atoms with Gasteiger partial charge in [0, 0.05) is 17.0 Å². The van der Waals surface area contributed by atoms with E-state index in [1.165, 1.54) is 16.2 Å². The van der Waals surface area contributed by atoms with Crippen LogP contribution in [-0.2, 0) is 9.59 Å². The molecule has 0 fully saturated rings. The van der Waals surface area contributed by atoms with Crippen LogP contribution in [0.4, 0.5) is 5.69 Å². The Kier molecular flexibility index (Phi) is 4.28. The second-order valence-corrected chi connectivity index (χ2v) is 6.87. The van der Waals surface area contributed by atoms with E-state index in [4.69, 9.17) is 0 Å². The van der Waals surface area contributed by atoms with Crippen LogP contribution in [0.15, 0.2) is 47.0 Å². The fraction of sp³-hybridized carbons (Fsp3) is 0.263. The lowest BCUT2D eigenvalue weighted by Crippen LogP contribution is -2.30. The molecule has 0 bridgehead atoms. The second-order valence-electron chi connectivity index (χ2n) is 5.92. The first-order valence-electron chi connectivity index (χ1n) is 7.86. The Morgan fingerprint density at radius 1 is 1.21 bits per heavy atom. The molecule has 1 aliphatic rings. The number of ketones is 1. The van der Waals surface area contributed by atoms with Gasteiger partial charge in [-0.2, -0.15) is 0 Å². The molecule has 2 heterocycles. The van der Waals surface area contributed by atoms with Gasteiger partial charge in [-0.1, -0.05) is 24.6 Å². The number of carbonyl (C=O) groups excluding carboxylic acids is 2. The summed E-state index contributed by atoms with van der Waals surface area (Å²) in [5, 5.41) is 12.3. The Balaban J connectivity index is 2.18. The first-order valence-corrected chi connectivity index (χ1v) is 8.74. The van der Waals surface area contributed by atoms with E-state index >= 15 is 0 Å². The number of carbonyl (C=O) groups is 2. The molecule has 3 rings (SSSR count). The van der Waals surface area contributed by atoms with Gasteiger partial charge in [0.05, 0.1) is 5.57 Å². The van der Waals surface area contributed by atoms with Crippen LogP contribution in [0.3, 0.4) is 0 Å². The third kappa shape index (κ3) is 2.55. The molecule has 1 N–H and O–H groups in total. The van der Waals surface area contributed by atoms with Crippen LogP contribution < -0.4 is 4.90 Å². The molecule has 1 aromatic carbocycles. The zero-order chi connectivity index (χ0) is 17.4. The van der Waals surface area contributed by atoms with E-state index in [0.717, 1.165) is 16.0 Å². The van der Waals surface area contributed by atoms with Crippen LogP contribution in [0.25, 0.3) is 0 Å². The van der Waals surface area contributed by atoms with Crippen molar-refractivity contribution in [3.63, 3.8) is 0 Å². The lowest BCUT2D eigenvalue weighted by atomic mass is 9.98. The van der Waals surface area contributed by atoms with Gasteiger partial charge in [0.2, 0.25) is 0 Å². The fourth-order valence-electron chi connectivity index (χ4n) is 2.96. The number of nitrogens with zero attached hydrogens (tertiary/aromatic N) is 1. The molecule has 0 radical (unpaired) electrons.